The number of piperidine rings is 1. The molecule has 0 saturated carbocycles. The summed E-state index contributed by atoms with van der Waals surface area (Å²) in [6.45, 7) is 7.60. The molecule has 3 aromatic rings. The number of carbonyl (C=O) groups is 1. The molecule has 0 bridgehead atoms. The van der Waals surface area contributed by atoms with E-state index in [2.05, 4.69) is 33.2 Å². The Morgan fingerprint density at radius 1 is 1.19 bits per heavy atom. The zero-order valence-electron chi connectivity index (χ0n) is 21.4. The maximum atomic E-state index is 13.0. The van der Waals surface area contributed by atoms with Gasteiger partial charge in [0.1, 0.15) is 11.4 Å². The molecule has 2 heterocycles. The van der Waals surface area contributed by atoms with Gasteiger partial charge in [-0.2, -0.15) is 5.26 Å². The largest absolute Gasteiger partial charge is 0.495 e. The van der Waals surface area contributed by atoms with Crippen molar-refractivity contribution < 1.29 is 14.3 Å². The molecule has 0 radical (unpaired) electrons. The highest BCUT2D eigenvalue weighted by molar-refractivity contribution is 5.99. The summed E-state index contributed by atoms with van der Waals surface area (Å²) in [5.74, 6) is 0.516. The van der Waals surface area contributed by atoms with Crippen LogP contribution in [0.25, 0.3) is 22.0 Å². The molecule has 1 saturated heterocycles. The molecule has 1 aromatic heterocycles. The lowest BCUT2D eigenvalue weighted by atomic mass is 10.0. The fourth-order valence-corrected chi connectivity index (χ4v) is 4.55. The summed E-state index contributed by atoms with van der Waals surface area (Å²) >= 11 is 0. The number of nitriles is 1. The Morgan fingerprint density at radius 2 is 1.97 bits per heavy atom. The van der Waals surface area contributed by atoms with Crippen LogP contribution in [0.5, 0.6) is 5.75 Å². The Morgan fingerprint density at radius 3 is 2.70 bits per heavy atom. The van der Waals surface area contributed by atoms with E-state index in [9.17, 15) is 4.79 Å². The molecule has 37 heavy (non-hydrogen) atoms. The third kappa shape index (κ3) is 6.45. The maximum Gasteiger partial charge on any atom is 0.270 e. The van der Waals surface area contributed by atoms with Crippen molar-refractivity contribution in [3.05, 3.63) is 66.4 Å². The standard InChI is InChI=1S/C29H33N5O3/c1-20(18-30)19-31-28-24-17-22(8-7-21(24)9-10-27(28)37-3)25-5-4-6-26(33-25)29(35)32-23-11-13-34(14-12-23)15-16-36-2/h4-10,17,23,31H,1,11-16,19H2,2-3H3,(H,32,35). The van der Waals surface area contributed by atoms with Gasteiger partial charge in [-0.15, -0.1) is 0 Å². The lowest BCUT2D eigenvalue weighted by molar-refractivity contribution is 0.0888. The summed E-state index contributed by atoms with van der Waals surface area (Å²) in [4.78, 5) is 20.1. The zero-order chi connectivity index (χ0) is 26.2. The van der Waals surface area contributed by atoms with Gasteiger partial charge in [0.25, 0.3) is 5.91 Å². The number of carbonyl (C=O) groups excluding carboxylic acids is 1. The fourth-order valence-electron chi connectivity index (χ4n) is 4.55. The van der Waals surface area contributed by atoms with Crippen LogP contribution in [0.3, 0.4) is 0 Å². The van der Waals surface area contributed by atoms with Gasteiger partial charge in [-0.05, 0) is 42.5 Å². The van der Waals surface area contributed by atoms with Gasteiger partial charge in [0.05, 0.1) is 31.2 Å². The van der Waals surface area contributed by atoms with Crippen LogP contribution in [0, 0.1) is 11.3 Å². The van der Waals surface area contributed by atoms with Gasteiger partial charge >= 0.3 is 0 Å². The molecule has 4 rings (SSSR count). The van der Waals surface area contributed by atoms with Gasteiger partial charge in [0.15, 0.2) is 0 Å². The number of anilines is 1. The van der Waals surface area contributed by atoms with Crippen molar-refractivity contribution >= 4 is 22.4 Å². The number of nitrogens with one attached hydrogen (secondary N) is 2. The number of nitrogens with zero attached hydrogens (tertiary/aromatic N) is 3. The minimum atomic E-state index is -0.156. The zero-order valence-corrected chi connectivity index (χ0v) is 21.4. The molecule has 2 N–H and O–H groups in total. The first-order chi connectivity index (χ1) is 18.0. The molecule has 1 aliphatic heterocycles. The normalized spacial score (nSPS) is 14.2. The second-order valence-electron chi connectivity index (χ2n) is 9.14. The summed E-state index contributed by atoms with van der Waals surface area (Å²) in [6, 6.07) is 17.6. The second kappa shape index (κ2) is 12.3. The molecule has 8 nitrogen and oxygen atoms in total. The van der Waals surface area contributed by atoms with Gasteiger partial charge in [-0.25, -0.2) is 4.98 Å². The predicted molar refractivity (Wildman–Crippen MR) is 146 cm³/mol. The summed E-state index contributed by atoms with van der Waals surface area (Å²) in [5.41, 5.74) is 3.19. The van der Waals surface area contributed by atoms with Gasteiger partial charge in [0.2, 0.25) is 0 Å². The number of rotatable bonds is 10. The summed E-state index contributed by atoms with van der Waals surface area (Å²) in [5, 5.41) is 17.5. The number of likely N-dealkylation sites (tertiary alicyclic amines) is 1. The van der Waals surface area contributed by atoms with Crippen LogP contribution < -0.4 is 15.4 Å². The van der Waals surface area contributed by atoms with Gasteiger partial charge < -0.3 is 25.0 Å². The molecule has 0 aliphatic carbocycles. The van der Waals surface area contributed by atoms with Crippen LogP contribution in [0.1, 0.15) is 23.3 Å². The molecular formula is C29H33N5O3. The van der Waals surface area contributed by atoms with E-state index in [-0.39, 0.29) is 11.9 Å². The van der Waals surface area contributed by atoms with Crippen LogP contribution >= 0.6 is 0 Å². The number of methoxy groups -OCH3 is 2. The van der Waals surface area contributed by atoms with Gasteiger partial charge in [-0.3, -0.25) is 4.79 Å². The molecule has 1 fully saturated rings. The first-order valence-corrected chi connectivity index (χ1v) is 12.4. The molecule has 1 amide bonds. The minimum absolute atomic E-state index is 0.140. The summed E-state index contributed by atoms with van der Waals surface area (Å²) in [6.07, 6.45) is 1.82. The van der Waals surface area contributed by atoms with Crippen molar-refractivity contribution in [2.75, 3.05) is 52.3 Å². The quantitative estimate of drug-likeness (QED) is 0.403. The molecule has 0 spiro atoms. The van der Waals surface area contributed by atoms with Crippen molar-refractivity contribution in [1.29, 1.82) is 5.26 Å². The predicted octanol–water partition coefficient (Wildman–Crippen LogP) is 4.24. The van der Waals surface area contributed by atoms with E-state index in [0.717, 1.165) is 61.1 Å². The molecule has 0 unspecified atom stereocenters. The third-order valence-electron chi connectivity index (χ3n) is 6.65. The Kier molecular flexibility index (Phi) is 8.72. The van der Waals surface area contributed by atoms with Crippen LogP contribution in [0.4, 0.5) is 5.69 Å². The number of hydrogen-bond donors (Lipinski definition) is 2. The van der Waals surface area contributed by atoms with Gasteiger partial charge in [0, 0.05) is 55.9 Å². The SMILES string of the molecule is C=C(C#N)CNc1c(OC)ccc2ccc(-c3cccc(C(=O)NC4CCN(CCOC)CC4)n3)cc12. The minimum Gasteiger partial charge on any atom is -0.495 e. The van der Waals surface area contributed by atoms with Crippen molar-refractivity contribution in [3.8, 4) is 23.1 Å². The van der Waals surface area contributed by atoms with Crippen molar-refractivity contribution in [3.63, 3.8) is 0 Å². The molecule has 2 aromatic carbocycles. The van der Waals surface area contributed by atoms with Crippen molar-refractivity contribution in [2.45, 2.75) is 18.9 Å². The fraction of sp³-hybridized carbons (Fsp3) is 0.345. The molecule has 0 atom stereocenters. The van der Waals surface area contributed by atoms with Crippen molar-refractivity contribution in [2.24, 2.45) is 0 Å². The summed E-state index contributed by atoms with van der Waals surface area (Å²) in [7, 11) is 3.33. The highest BCUT2D eigenvalue weighted by atomic mass is 16.5. The summed E-state index contributed by atoms with van der Waals surface area (Å²) < 4.78 is 10.7. The number of hydrogen-bond acceptors (Lipinski definition) is 7. The average Bonchev–Trinajstić information content (AvgIpc) is 2.94. The lowest BCUT2D eigenvalue weighted by Crippen LogP contribution is -2.45. The van der Waals surface area contributed by atoms with E-state index in [0.29, 0.717) is 29.3 Å². The van der Waals surface area contributed by atoms with E-state index in [1.165, 1.54) is 0 Å². The Bertz CT molecular complexity index is 1310. The van der Waals surface area contributed by atoms with Crippen molar-refractivity contribution in [1.82, 2.24) is 15.2 Å². The number of benzene rings is 2. The molecule has 192 valence electrons. The van der Waals surface area contributed by atoms with E-state index in [4.69, 9.17) is 14.7 Å². The molecular weight excluding hydrogens is 466 g/mol. The Hall–Kier alpha value is -3.93. The topological polar surface area (TPSA) is 99.5 Å². The third-order valence-corrected chi connectivity index (χ3v) is 6.65. The lowest BCUT2D eigenvalue weighted by Gasteiger charge is -2.32. The van der Waals surface area contributed by atoms with Crippen LogP contribution in [-0.4, -0.2) is 68.8 Å². The first kappa shape index (κ1) is 26.1. The smallest absolute Gasteiger partial charge is 0.270 e. The van der Waals surface area contributed by atoms with Gasteiger partial charge in [-0.1, -0.05) is 30.8 Å². The first-order valence-electron chi connectivity index (χ1n) is 12.4. The molecule has 8 heteroatoms. The maximum absolute atomic E-state index is 13.0. The number of ether oxygens (including phenoxy) is 2. The number of pyridine rings is 1. The van der Waals surface area contributed by atoms with Crippen LogP contribution in [0.2, 0.25) is 0 Å². The van der Waals surface area contributed by atoms with E-state index < -0.39 is 0 Å². The Labute approximate surface area is 217 Å². The second-order valence-corrected chi connectivity index (χ2v) is 9.14. The highest BCUT2D eigenvalue weighted by Gasteiger charge is 2.21. The monoisotopic (exact) mass is 499 g/mol. The van der Waals surface area contributed by atoms with E-state index in [1.54, 1.807) is 20.3 Å². The van der Waals surface area contributed by atoms with Crippen LogP contribution in [0.15, 0.2) is 60.7 Å². The Balaban J connectivity index is 1.53. The number of aromatic nitrogens is 1. The van der Waals surface area contributed by atoms with E-state index >= 15 is 0 Å². The van der Waals surface area contributed by atoms with Crippen LogP contribution in [-0.2, 0) is 4.74 Å². The number of fused-ring (bicyclic) bond motifs is 1. The highest BCUT2D eigenvalue weighted by Crippen LogP contribution is 2.35. The van der Waals surface area contributed by atoms with E-state index in [1.807, 2.05) is 42.5 Å². The number of amides is 1. The molecule has 1 aliphatic rings. The average molecular weight is 500 g/mol.